The molecule has 12 heteroatoms. The third-order valence-corrected chi connectivity index (χ3v) is 8.93. The highest BCUT2D eigenvalue weighted by Gasteiger charge is 2.27. The van der Waals surface area contributed by atoms with Crippen molar-refractivity contribution in [3.63, 3.8) is 0 Å². The molecule has 0 saturated heterocycles. The molecule has 0 radical (unpaired) electrons. The maximum atomic E-state index is 13.4. The molecular formula is C40H41F2NO8S. The lowest BCUT2D eigenvalue weighted by molar-refractivity contribution is -0.144. The Kier molecular flexibility index (Phi) is 13.8. The van der Waals surface area contributed by atoms with E-state index in [9.17, 15) is 23.2 Å². The van der Waals surface area contributed by atoms with Gasteiger partial charge in [0.2, 0.25) is 0 Å². The summed E-state index contributed by atoms with van der Waals surface area (Å²) in [4.78, 5) is 37.4. The molecule has 1 amide bonds. The van der Waals surface area contributed by atoms with Gasteiger partial charge < -0.3 is 29.0 Å². The maximum absolute atomic E-state index is 13.4. The number of thiophene rings is 1. The number of amides is 1. The summed E-state index contributed by atoms with van der Waals surface area (Å²) in [5.74, 6) is 0.858. The normalized spacial score (nSPS) is 13.5. The largest absolute Gasteiger partial charge is 0.493 e. The molecule has 0 spiro atoms. The van der Waals surface area contributed by atoms with Crippen LogP contribution in [-0.2, 0) is 32.0 Å². The summed E-state index contributed by atoms with van der Waals surface area (Å²) in [6.07, 6.45) is 3.93. The molecule has 5 rings (SSSR count). The van der Waals surface area contributed by atoms with E-state index in [0.717, 1.165) is 22.3 Å². The van der Waals surface area contributed by atoms with Gasteiger partial charge in [0.15, 0.2) is 0 Å². The van der Waals surface area contributed by atoms with Gasteiger partial charge in [-0.1, -0.05) is 30.3 Å². The Labute approximate surface area is 305 Å². The lowest BCUT2D eigenvalue weighted by Crippen LogP contribution is -2.23. The van der Waals surface area contributed by atoms with Crippen LogP contribution in [0.25, 0.3) is 11.1 Å². The summed E-state index contributed by atoms with van der Waals surface area (Å²) in [6.45, 7) is 1.48. The van der Waals surface area contributed by atoms with Gasteiger partial charge >= 0.3 is 18.6 Å². The summed E-state index contributed by atoms with van der Waals surface area (Å²) < 4.78 is 53.0. The Hall–Kier alpha value is -5.23. The van der Waals surface area contributed by atoms with Crippen LogP contribution in [-0.4, -0.2) is 44.3 Å². The van der Waals surface area contributed by atoms with E-state index in [1.165, 1.54) is 17.4 Å². The van der Waals surface area contributed by atoms with Crippen LogP contribution >= 0.6 is 11.3 Å². The van der Waals surface area contributed by atoms with Crippen LogP contribution < -0.4 is 19.5 Å². The second-order valence-electron chi connectivity index (χ2n) is 11.9. The quantitative estimate of drug-likeness (QED) is 0.0754. The van der Waals surface area contributed by atoms with Crippen molar-refractivity contribution in [1.82, 2.24) is 5.32 Å². The fourth-order valence-corrected chi connectivity index (χ4v) is 6.45. The van der Waals surface area contributed by atoms with Crippen molar-refractivity contribution >= 4 is 29.2 Å². The highest BCUT2D eigenvalue weighted by atomic mass is 32.1. The average molecular weight is 734 g/mol. The van der Waals surface area contributed by atoms with E-state index in [2.05, 4.69) is 10.1 Å². The van der Waals surface area contributed by atoms with Crippen LogP contribution in [0.5, 0.6) is 17.2 Å². The number of rotatable bonds is 19. The van der Waals surface area contributed by atoms with Crippen LogP contribution in [0.2, 0.25) is 0 Å². The van der Waals surface area contributed by atoms with Gasteiger partial charge in [-0.15, -0.1) is 0 Å². The van der Waals surface area contributed by atoms with Gasteiger partial charge in [0.05, 0.1) is 19.8 Å². The predicted octanol–water partition coefficient (Wildman–Crippen LogP) is 8.61. The lowest BCUT2D eigenvalue weighted by atomic mass is 9.82. The predicted molar refractivity (Wildman–Crippen MR) is 193 cm³/mol. The zero-order chi connectivity index (χ0) is 36.9. The number of hydrogen-bond donors (Lipinski definition) is 1. The monoisotopic (exact) mass is 733 g/mol. The number of nitrogens with one attached hydrogen (secondary N) is 1. The molecule has 274 valence electrons. The highest BCUT2D eigenvalue weighted by molar-refractivity contribution is 7.08. The minimum absolute atomic E-state index is 0.00419. The second kappa shape index (κ2) is 18.8. The zero-order valence-corrected chi connectivity index (χ0v) is 29.8. The second-order valence-corrected chi connectivity index (χ2v) is 12.6. The molecule has 1 aliphatic carbocycles. The number of halogens is 2. The van der Waals surface area contributed by atoms with E-state index in [0.29, 0.717) is 67.5 Å². The van der Waals surface area contributed by atoms with Crippen molar-refractivity contribution in [3.8, 4) is 28.4 Å². The lowest BCUT2D eigenvalue weighted by Gasteiger charge is -2.28. The van der Waals surface area contributed by atoms with E-state index in [-0.39, 0.29) is 43.0 Å². The number of benzene rings is 3. The minimum atomic E-state index is -2.98. The molecule has 0 aliphatic heterocycles. The molecule has 4 aromatic rings. The maximum Gasteiger partial charge on any atom is 0.387 e. The van der Waals surface area contributed by atoms with Gasteiger partial charge in [0.25, 0.3) is 5.91 Å². The van der Waals surface area contributed by atoms with E-state index in [4.69, 9.17) is 18.9 Å². The van der Waals surface area contributed by atoms with E-state index >= 15 is 0 Å². The fourth-order valence-electron chi connectivity index (χ4n) is 5.78. The molecule has 0 bridgehead atoms. The Morgan fingerprint density at radius 3 is 2.38 bits per heavy atom. The van der Waals surface area contributed by atoms with Crippen LogP contribution in [0.15, 0.2) is 89.3 Å². The van der Waals surface area contributed by atoms with Crippen LogP contribution in [0.4, 0.5) is 8.78 Å². The number of carbonyl (C=O) groups is 3. The number of esters is 2. The standard InChI is InChI=1S/C40H41F2NO8S/c1-3-47-37(44)13-8-17-49-36-12-7-10-33(34(36)14-15-38(45)48-4-2)29-21-32(22-29)50-31-20-28(27-16-18-52-25-27)19-30(23-31)39(46)43-24-26-9-5-6-11-35(26)51-40(41)42/h5-7,9-12,16,18-21,23,25,29,40H,3-4,8,13-15,17,22,24H2,1-2H3,(H,43,46). The zero-order valence-electron chi connectivity index (χ0n) is 29.0. The highest BCUT2D eigenvalue weighted by Crippen LogP contribution is 2.41. The molecular weight excluding hydrogens is 693 g/mol. The number of hydrogen-bond acceptors (Lipinski definition) is 9. The van der Waals surface area contributed by atoms with Gasteiger partial charge in [-0.2, -0.15) is 20.1 Å². The Bertz CT molecular complexity index is 1860. The number of alkyl halides is 2. The van der Waals surface area contributed by atoms with E-state index < -0.39 is 12.5 Å². The summed E-state index contributed by atoms with van der Waals surface area (Å²) in [5, 5.41) is 6.73. The van der Waals surface area contributed by atoms with E-state index in [1.807, 2.05) is 47.2 Å². The van der Waals surface area contributed by atoms with Crippen LogP contribution in [0.3, 0.4) is 0 Å². The SMILES string of the molecule is CCOC(=O)CCCOc1cccc(C2C=C(Oc3cc(C(=O)NCc4ccccc4OC(F)F)cc(-c4ccsc4)c3)C2)c1CCC(=O)OCC. The van der Waals surface area contributed by atoms with Gasteiger partial charge in [-0.3, -0.25) is 14.4 Å². The molecule has 0 fully saturated rings. The summed E-state index contributed by atoms with van der Waals surface area (Å²) in [5.41, 5.74) is 4.37. The Morgan fingerprint density at radius 1 is 0.904 bits per heavy atom. The first kappa shape index (κ1) is 38.0. The van der Waals surface area contributed by atoms with Gasteiger partial charge in [-0.05, 0) is 102 Å². The van der Waals surface area contributed by atoms with Crippen molar-refractivity contribution < 1.29 is 46.8 Å². The third-order valence-electron chi connectivity index (χ3n) is 8.25. The smallest absolute Gasteiger partial charge is 0.387 e. The Balaban J connectivity index is 1.32. The summed E-state index contributed by atoms with van der Waals surface area (Å²) in [7, 11) is 0. The summed E-state index contributed by atoms with van der Waals surface area (Å²) >= 11 is 1.53. The van der Waals surface area contributed by atoms with Crippen LogP contribution in [0.1, 0.15) is 72.5 Å². The van der Waals surface area contributed by atoms with Crippen molar-refractivity contribution in [3.05, 3.63) is 112 Å². The topological polar surface area (TPSA) is 109 Å². The molecule has 52 heavy (non-hydrogen) atoms. The molecule has 1 unspecified atom stereocenters. The summed E-state index contributed by atoms with van der Waals surface area (Å²) in [6, 6.07) is 19.3. The van der Waals surface area contributed by atoms with Crippen LogP contribution in [0, 0.1) is 0 Å². The Morgan fingerprint density at radius 2 is 1.65 bits per heavy atom. The molecule has 9 nitrogen and oxygen atoms in total. The minimum Gasteiger partial charge on any atom is -0.493 e. The molecule has 1 aliphatic rings. The first-order valence-electron chi connectivity index (χ1n) is 17.2. The first-order chi connectivity index (χ1) is 25.2. The van der Waals surface area contributed by atoms with E-state index in [1.54, 1.807) is 44.2 Å². The molecule has 0 saturated carbocycles. The fraction of sp³-hybridized carbons (Fsp3) is 0.325. The number of allylic oxidation sites excluding steroid dienone is 2. The number of carbonyl (C=O) groups excluding carboxylic acids is 3. The van der Waals surface area contributed by atoms with Crippen molar-refractivity contribution in [2.24, 2.45) is 0 Å². The molecule has 3 aromatic carbocycles. The number of ether oxygens (including phenoxy) is 5. The van der Waals surface area contributed by atoms with Crippen molar-refractivity contribution in [1.29, 1.82) is 0 Å². The average Bonchev–Trinajstić information content (AvgIpc) is 3.66. The molecule has 1 atom stereocenters. The molecule has 1 N–H and O–H groups in total. The van der Waals surface area contributed by atoms with Gasteiger partial charge in [0.1, 0.15) is 23.0 Å². The number of para-hydroxylation sites is 1. The third kappa shape index (κ3) is 10.6. The van der Waals surface area contributed by atoms with Crippen molar-refractivity contribution in [2.75, 3.05) is 19.8 Å². The van der Waals surface area contributed by atoms with Gasteiger partial charge in [-0.25, -0.2) is 0 Å². The van der Waals surface area contributed by atoms with Gasteiger partial charge in [0, 0.05) is 42.9 Å². The van der Waals surface area contributed by atoms with Crippen molar-refractivity contribution in [2.45, 2.75) is 65.0 Å². The molecule has 1 heterocycles. The molecule has 1 aromatic heterocycles. The first-order valence-corrected chi connectivity index (χ1v) is 18.1.